The van der Waals surface area contributed by atoms with Gasteiger partial charge in [-0.1, -0.05) is 31.4 Å². The van der Waals surface area contributed by atoms with Gasteiger partial charge < -0.3 is 20.2 Å². The van der Waals surface area contributed by atoms with Crippen molar-refractivity contribution >= 4 is 22.7 Å². The van der Waals surface area contributed by atoms with Crippen LogP contribution in [-0.2, 0) is 0 Å². The predicted octanol–water partition coefficient (Wildman–Crippen LogP) is 6.81. The Bertz CT molecular complexity index is 1490. The molecule has 38 heavy (non-hydrogen) atoms. The van der Waals surface area contributed by atoms with Crippen LogP contribution in [0.25, 0.3) is 16.8 Å². The fourth-order valence-corrected chi connectivity index (χ4v) is 4.44. The number of imidazole rings is 1. The van der Waals surface area contributed by atoms with Crippen LogP contribution in [0.15, 0.2) is 74.0 Å². The van der Waals surface area contributed by atoms with E-state index < -0.39 is 5.82 Å². The van der Waals surface area contributed by atoms with Gasteiger partial charge in [0.25, 0.3) is 0 Å². The van der Waals surface area contributed by atoms with Gasteiger partial charge >= 0.3 is 0 Å². The van der Waals surface area contributed by atoms with E-state index in [0.717, 1.165) is 33.9 Å². The number of hydrogen-bond acceptors (Lipinski definition) is 4. The zero-order valence-electron chi connectivity index (χ0n) is 23.4. The normalized spacial score (nSPS) is 12.9. The van der Waals surface area contributed by atoms with Crippen LogP contribution < -0.4 is 5.73 Å². The Labute approximate surface area is 225 Å². The topological polar surface area (TPSA) is 75.8 Å². The maximum atomic E-state index is 16.2. The number of likely N-dealkylation sites (N-methyl/N-ethyl adjacent to an activating group) is 1. The molecule has 0 aliphatic heterocycles. The minimum atomic E-state index is -0.475. The summed E-state index contributed by atoms with van der Waals surface area (Å²) in [7, 11) is 3.81. The summed E-state index contributed by atoms with van der Waals surface area (Å²) in [6.45, 7) is 17.9. The lowest BCUT2D eigenvalue weighted by Gasteiger charge is -2.17. The molecule has 3 heterocycles. The highest BCUT2D eigenvalue weighted by Crippen LogP contribution is 2.37. The molecule has 0 bridgehead atoms. The summed E-state index contributed by atoms with van der Waals surface area (Å²) in [5.74, 6) is -0.396. The highest BCUT2D eigenvalue weighted by molar-refractivity contribution is 5.88. The van der Waals surface area contributed by atoms with E-state index in [1.807, 2.05) is 94.8 Å². The van der Waals surface area contributed by atoms with Crippen molar-refractivity contribution in [2.24, 2.45) is 0 Å². The summed E-state index contributed by atoms with van der Waals surface area (Å²) in [6.07, 6.45) is 16.6. The standard InChI is InChI=1S/C31H37FN6/c1-10-13-14-26(38-17-19(4)35-18-38)27-20(5)30(36-22(27)7)21(6)28-29(32)25(16-34-31(28)33)23(11-2)15-24(12-3)37(8)9/h10-18,36H,3,6H2,1-2,4-5,7-9H3,(H2,33,34)/b13-10-,23-11+,24-15+,26-14+. The summed E-state index contributed by atoms with van der Waals surface area (Å²) in [5.41, 5.74) is 14.1. The van der Waals surface area contributed by atoms with Crippen molar-refractivity contribution < 1.29 is 4.39 Å². The molecule has 0 atom stereocenters. The number of hydrogen-bond donors (Lipinski definition) is 2. The third kappa shape index (κ3) is 5.47. The Hall–Kier alpha value is -4.39. The fraction of sp³-hybridized carbons (Fsp3) is 0.226. The van der Waals surface area contributed by atoms with E-state index in [1.54, 1.807) is 12.4 Å². The molecule has 3 N–H and O–H groups in total. The average molecular weight is 513 g/mol. The van der Waals surface area contributed by atoms with Crippen molar-refractivity contribution in [1.29, 1.82) is 0 Å². The second kappa shape index (κ2) is 11.8. The molecule has 6 nitrogen and oxygen atoms in total. The molecule has 198 valence electrons. The maximum absolute atomic E-state index is 16.2. The summed E-state index contributed by atoms with van der Waals surface area (Å²) < 4.78 is 18.1. The van der Waals surface area contributed by atoms with Crippen LogP contribution in [0.2, 0.25) is 0 Å². The lowest BCUT2D eigenvalue weighted by molar-refractivity contribution is 0.530. The van der Waals surface area contributed by atoms with E-state index >= 15 is 4.39 Å². The molecule has 0 amide bonds. The van der Waals surface area contributed by atoms with E-state index in [2.05, 4.69) is 28.1 Å². The van der Waals surface area contributed by atoms with Crippen LogP contribution in [0.3, 0.4) is 0 Å². The van der Waals surface area contributed by atoms with Crippen molar-refractivity contribution in [2.75, 3.05) is 19.8 Å². The quantitative estimate of drug-likeness (QED) is 0.309. The molecule has 0 aromatic carbocycles. The van der Waals surface area contributed by atoms with Crippen LogP contribution in [0.5, 0.6) is 0 Å². The monoisotopic (exact) mass is 512 g/mol. The van der Waals surface area contributed by atoms with Gasteiger partial charge in [0, 0.05) is 60.3 Å². The van der Waals surface area contributed by atoms with Crippen molar-refractivity contribution in [2.45, 2.75) is 34.6 Å². The first-order chi connectivity index (χ1) is 18.0. The Morgan fingerprint density at radius 3 is 2.42 bits per heavy atom. The van der Waals surface area contributed by atoms with Crippen molar-refractivity contribution in [3.05, 3.63) is 119 Å². The van der Waals surface area contributed by atoms with Gasteiger partial charge in [0.1, 0.15) is 11.6 Å². The van der Waals surface area contributed by atoms with Crippen LogP contribution >= 0.6 is 0 Å². The minimum absolute atomic E-state index is 0.0790. The predicted molar refractivity (Wildman–Crippen MR) is 158 cm³/mol. The molecule has 0 fully saturated rings. The molecule has 3 rings (SSSR count). The number of nitrogens with one attached hydrogen (secondary N) is 1. The number of halogens is 1. The summed E-state index contributed by atoms with van der Waals surface area (Å²) in [4.78, 5) is 14.1. The number of aromatic nitrogens is 4. The summed E-state index contributed by atoms with van der Waals surface area (Å²) in [6, 6.07) is 0. The molecule has 0 saturated heterocycles. The van der Waals surface area contributed by atoms with Crippen molar-refractivity contribution in [3.63, 3.8) is 0 Å². The van der Waals surface area contributed by atoms with Gasteiger partial charge in [-0.05, 0) is 64.0 Å². The molecule has 3 aromatic rings. The number of nitrogens with two attached hydrogens (primary N) is 1. The molecule has 0 spiro atoms. The molecule has 7 heteroatoms. The highest BCUT2D eigenvalue weighted by Gasteiger charge is 2.24. The third-order valence-corrected chi connectivity index (χ3v) is 6.43. The van der Waals surface area contributed by atoms with E-state index in [9.17, 15) is 0 Å². The zero-order chi connectivity index (χ0) is 28.1. The molecule has 0 saturated carbocycles. The number of rotatable bonds is 9. The largest absolute Gasteiger partial charge is 0.383 e. The Morgan fingerprint density at radius 2 is 1.87 bits per heavy atom. The van der Waals surface area contributed by atoms with Crippen molar-refractivity contribution in [3.8, 4) is 0 Å². The molecule has 0 aliphatic carbocycles. The van der Waals surface area contributed by atoms with Crippen LogP contribution in [0.4, 0.5) is 10.2 Å². The molecular weight excluding hydrogens is 475 g/mol. The van der Waals surface area contributed by atoms with Gasteiger partial charge in [0.05, 0.1) is 23.3 Å². The molecule has 0 radical (unpaired) electrons. The van der Waals surface area contributed by atoms with Crippen LogP contribution in [0.1, 0.15) is 53.2 Å². The van der Waals surface area contributed by atoms with E-state index in [1.165, 1.54) is 6.20 Å². The van der Waals surface area contributed by atoms with Gasteiger partial charge in [0.2, 0.25) is 0 Å². The van der Waals surface area contributed by atoms with Gasteiger partial charge in [-0.25, -0.2) is 14.4 Å². The second-order valence-corrected chi connectivity index (χ2v) is 9.26. The van der Waals surface area contributed by atoms with E-state index in [4.69, 9.17) is 5.73 Å². The van der Waals surface area contributed by atoms with Gasteiger partial charge in [-0.2, -0.15) is 0 Å². The van der Waals surface area contributed by atoms with Gasteiger partial charge in [-0.3, -0.25) is 0 Å². The average Bonchev–Trinajstić information content (AvgIpc) is 3.43. The lowest BCUT2D eigenvalue weighted by Crippen LogP contribution is -2.10. The first-order valence-corrected chi connectivity index (χ1v) is 12.4. The number of allylic oxidation sites excluding steroid dienone is 7. The highest BCUT2D eigenvalue weighted by atomic mass is 19.1. The second-order valence-electron chi connectivity index (χ2n) is 9.26. The smallest absolute Gasteiger partial charge is 0.144 e. The fourth-order valence-electron chi connectivity index (χ4n) is 4.44. The van der Waals surface area contributed by atoms with Crippen LogP contribution in [0, 0.1) is 26.6 Å². The Morgan fingerprint density at radius 1 is 1.16 bits per heavy atom. The van der Waals surface area contributed by atoms with E-state index in [-0.39, 0.29) is 11.4 Å². The number of pyridine rings is 1. The molecule has 0 aliphatic rings. The Balaban J connectivity index is 2.17. The number of anilines is 1. The molecular formula is C31H37FN6. The first-order valence-electron chi connectivity index (χ1n) is 12.4. The number of aromatic amines is 1. The number of aryl methyl sites for hydroxylation is 2. The lowest BCUT2D eigenvalue weighted by atomic mass is 9.95. The molecule has 0 unspecified atom stereocenters. The number of nitrogens with zero attached hydrogens (tertiary/aromatic N) is 4. The van der Waals surface area contributed by atoms with E-state index in [0.29, 0.717) is 22.4 Å². The third-order valence-electron chi connectivity index (χ3n) is 6.43. The maximum Gasteiger partial charge on any atom is 0.144 e. The zero-order valence-corrected chi connectivity index (χ0v) is 23.4. The van der Waals surface area contributed by atoms with Crippen LogP contribution in [-0.4, -0.2) is 38.5 Å². The Kier molecular flexibility index (Phi) is 8.73. The van der Waals surface area contributed by atoms with Gasteiger partial charge in [0.15, 0.2) is 0 Å². The molecule has 3 aromatic heterocycles. The minimum Gasteiger partial charge on any atom is -0.383 e. The number of nitrogen functional groups attached to an aromatic ring is 1. The number of H-pyrrole nitrogens is 1. The summed E-state index contributed by atoms with van der Waals surface area (Å²) >= 11 is 0. The first kappa shape index (κ1) is 28.2. The SMILES string of the molecule is C=C/C(=C\C(=C/C)c1cnc(N)c(C(=C)c2[nH]c(C)c(/C(=C\C=C/C)n3cnc(C)c3)c2C)c1F)N(C)C. The van der Waals surface area contributed by atoms with Crippen molar-refractivity contribution in [1.82, 2.24) is 24.4 Å². The van der Waals surface area contributed by atoms with Gasteiger partial charge in [-0.15, -0.1) is 0 Å². The summed E-state index contributed by atoms with van der Waals surface area (Å²) in [5, 5.41) is 0.